The van der Waals surface area contributed by atoms with E-state index in [0.29, 0.717) is 0 Å². The number of benzene rings is 2. The molecule has 0 aliphatic heterocycles. The molecule has 1 heteroatoms. The molecule has 0 spiro atoms. The molecule has 134 valence electrons. The normalized spacial score (nSPS) is 13.8. The fraction of sp³-hybridized carbons (Fsp3) is 0.500. The second-order valence-corrected chi connectivity index (χ2v) is 10.4. The van der Waals surface area contributed by atoms with Crippen LogP contribution in [0.4, 0.5) is 0 Å². The van der Waals surface area contributed by atoms with Crippen LogP contribution in [0.15, 0.2) is 34.7 Å². The highest BCUT2D eigenvalue weighted by Crippen LogP contribution is 2.42. The van der Waals surface area contributed by atoms with Crippen LogP contribution >= 0.6 is 0 Å². The maximum atomic E-state index is 6.48. The maximum absolute atomic E-state index is 6.48. The molecular weight excluding hydrogens is 304 g/mol. The summed E-state index contributed by atoms with van der Waals surface area (Å²) in [5.74, 6) is 0. The lowest BCUT2D eigenvalue weighted by molar-refractivity contribution is 0.565. The molecular formula is C24H32O. The molecule has 3 aromatic rings. The van der Waals surface area contributed by atoms with Gasteiger partial charge in [-0.25, -0.2) is 0 Å². The van der Waals surface area contributed by atoms with Crippen LogP contribution in [0.3, 0.4) is 0 Å². The van der Waals surface area contributed by atoms with E-state index < -0.39 is 0 Å². The Labute approximate surface area is 152 Å². The van der Waals surface area contributed by atoms with Gasteiger partial charge in [-0.15, -0.1) is 0 Å². The zero-order valence-electron chi connectivity index (χ0n) is 17.3. The van der Waals surface area contributed by atoms with Crippen molar-refractivity contribution in [2.24, 2.45) is 0 Å². The van der Waals surface area contributed by atoms with E-state index in [0.717, 1.165) is 11.2 Å². The molecule has 0 aliphatic rings. The Hall–Kier alpha value is -1.76. The minimum absolute atomic E-state index is 0.0510. The Bertz CT molecular complexity index is 935. The molecule has 0 saturated carbocycles. The summed E-state index contributed by atoms with van der Waals surface area (Å²) in [4.78, 5) is 0. The topological polar surface area (TPSA) is 13.1 Å². The minimum Gasteiger partial charge on any atom is -0.456 e. The van der Waals surface area contributed by atoms with Gasteiger partial charge in [-0.1, -0.05) is 86.6 Å². The molecule has 3 rings (SSSR count). The van der Waals surface area contributed by atoms with E-state index in [-0.39, 0.29) is 16.2 Å². The van der Waals surface area contributed by atoms with E-state index in [9.17, 15) is 0 Å². The monoisotopic (exact) mass is 336 g/mol. The highest BCUT2D eigenvalue weighted by molar-refractivity contribution is 6.08. The van der Waals surface area contributed by atoms with Crippen molar-refractivity contribution in [2.75, 3.05) is 0 Å². The molecule has 0 fully saturated rings. The van der Waals surface area contributed by atoms with Crippen molar-refractivity contribution in [1.29, 1.82) is 0 Å². The highest BCUT2D eigenvalue weighted by atomic mass is 16.3. The molecule has 1 heterocycles. The Morgan fingerprint density at radius 3 is 1.72 bits per heavy atom. The van der Waals surface area contributed by atoms with Crippen LogP contribution in [0.2, 0.25) is 0 Å². The van der Waals surface area contributed by atoms with Crippen LogP contribution in [0.1, 0.15) is 79.0 Å². The number of rotatable bonds is 0. The summed E-state index contributed by atoms with van der Waals surface area (Å²) in [5, 5.41) is 2.52. The van der Waals surface area contributed by atoms with E-state index in [4.69, 9.17) is 4.42 Å². The lowest BCUT2D eigenvalue weighted by atomic mass is 9.79. The van der Waals surface area contributed by atoms with E-state index in [1.54, 1.807) is 0 Å². The molecule has 0 atom stereocenters. The van der Waals surface area contributed by atoms with Crippen LogP contribution < -0.4 is 0 Å². The lowest BCUT2D eigenvalue weighted by Crippen LogP contribution is -2.15. The third-order valence-electron chi connectivity index (χ3n) is 5.10. The van der Waals surface area contributed by atoms with Gasteiger partial charge in [0.05, 0.1) is 0 Å². The van der Waals surface area contributed by atoms with E-state index in [1.165, 1.54) is 27.5 Å². The van der Waals surface area contributed by atoms with Crippen molar-refractivity contribution in [3.63, 3.8) is 0 Å². The summed E-state index contributed by atoms with van der Waals surface area (Å²) < 4.78 is 6.48. The summed E-state index contributed by atoms with van der Waals surface area (Å²) in [7, 11) is 0. The molecule has 0 aliphatic carbocycles. The lowest BCUT2D eigenvalue weighted by Gasteiger charge is -2.24. The summed E-state index contributed by atoms with van der Waals surface area (Å²) in [6.45, 7) is 20.3. The predicted molar refractivity (Wildman–Crippen MR) is 110 cm³/mol. The summed E-state index contributed by atoms with van der Waals surface area (Å²) in [6.07, 6.45) is 0. The second-order valence-electron chi connectivity index (χ2n) is 10.4. The number of hydrogen-bond acceptors (Lipinski definition) is 1. The van der Waals surface area contributed by atoms with Gasteiger partial charge in [-0.3, -0.25) is 0 Å². The molecule has 2 aromatic carbocycles. The Morgan fingerprint density at radius 2 is 1.20 bits per heavy atom. The zero-order valence-corrected chi connectivity index (χ0v) is 17.3. The molecule has 0 amide bonds. The summed E-state index contributed by atoms with van der Waals surface area (Å²) >= 11 is 0. The van der Waals surface area contributed by atoms with E-state index in [2.05, 4.69) is 92.6 Å². The average Bonchev–Trinajstić information content (AvgIpc) is 2.81. The number of fused-ring (bicyclic) bond motifs is 3. The SMILES string of the molecule is CC(C)(C)c1ccc2c(c1)oc1c(C(C)(C)C)ccc(C(C)(C)C)c12. The van der Waals surface area contributed by atoms with Gasteiger partial charge in [0.2, 0.25) is 0 Å². The van der Waals surface area contributed by atoms with Crippen LogP contribution in [0.5, 0.6) is 0 Å². The van der Waals surface area contributed by atoms with Crippen molar-refractivity contribution in [1.82, 2.24) is 0 Å². The largest absolute Gasteiger partial charge is 0.456 e. The minimum atomic E-state index is 0.0510. The molecule has 1 nitrogen and oxygen atoms in total. The summed E-state index contributed by atoms with van der Waals surface area (Å²) in [6, 6.07) is 11.3. The third-order valence-corrected chi connectivity index (χ3v) is 5.10. The fourth-order valence-corrected chi connectivity index (χ4v) is 3.56. The molecule has 0 N–H and O–H groups in total. The van der Waals surface area contributed by atoms with Gasteiger partial charge in [0.1, 0.15) is 11.2 Å². The van der Waals surface area contributed by atoms with Crippen molar-refractivity contribution in [3.05, 3.63) is 47.0 Å². The van der Waals surface area contributed by atoms with Crippen LogP contribution in [0, 0.1) is 0 Å². The third kappa shape index (κ3) is 3.10. The number of hydrogen-bond donors (Lipinski definition) is 0. The molecule has 0 radical (unpaired) electrons. The smallest absolute Gasteiger partial charge is 0.139 e. The fourth-order valence-electron chi connectivity index (χ4n) is 3.56. The van der Waals surface area contributed by atoms with E-state index in [1.807, 2.05) is 0 Å². The first kappa shape index (κ1) is 18.0. The van der Waals surface area contributed by atoms with Crippen molar-refractivity contribution in [2.45, 2.75) is 78.6 Å². The quantitative estimate of drug-likeness (QED) is 0.415. The average molecular weight is 337 g/mol. The van der Waals surface area contributed by atoms with Crippen molar-refractivity contribution >= 4 is 21.9 Å². The number of furan rings is 1. The maximum Gasteiger partial charge on any atom is 0.139 e. The van der Waals surface area contributed by atoms with Gasteiger partial charge in [0.25, 0.3) is 0 Å². The Balaban J connectivity index is 2.47. The zero-order chi connectivity index (χ0) is 18.8. The van der Waals surface area contributed by atoms with E-state index >= 15 is 0 Å². The van der Waals surface area contributed by atoms with Gasteiger partial charge in [0.15, 0.2) is 0 Å². The predicted octanol–water partition coefficient (Wildman–Crippen LogP) is 7.48. The second kappa shape index (κ2) is 5.37. The first-order chi connectivity index (χ1) is 11.3. The van der Waals surface area contributed by atoms with Crippen molar-refractivity contribution in [3.8, 4) is 0 Å². The first-order valence-corrected chi connectivity index (χ1v) is 9.31. The van der Waals surface area contributed by atoms with Gasteiger partial charge in [-0.2, -0.15) is 0 Å². The van der Waals surface area contributed by atoms with Crippen LogP contribution in [-0.4, -0.2) is 0 Å². The van der Waals surface area contributed by atoms with Crippen LogP contribution in [0.25, 0.3) is 21.9 Å². The van der Waals surface area contributed by atoms with Gasteiger partial charge >= 0.3 is 0 Å². The summed E-state index contributed by atoms with van der Waals surface area (Å²) in [5.41, 5.74) is 6.26. The van der Waals surface area contributed by atoms with Crippen LogP contribution in [-0.2, 0) is 16.2 Å². The molecule has 25 heavy (non-hydrogen) atoms. The molecule has 0 unspecified atom stereocenters. The van der Waals surface area contributed by atoms with Crippen molar-refractivity contribution < 1.29 is 4.42 Å². The highest BCUT2D eigenvalue weighted by Gasteiger charge is 2.27. The molecule has 0 bridgehead atoms. The first-order valence-electron chi connectivity index (χ1n) is 9.31. The Morgan fingerprint density at radius 1 is 0.640 bits per heavy atom. The molecule has 0 saturated heterocycles. The molecule has 1 aromatic heterocycles. The standard InChI is InChI=1S/C24H32O/c1-22(2,3)15-10-11-16-19(14-15)25-21-18(24(7,8)9)13-12-17(20(16)21)23(4,5)6/h10-14H,1-9H3. The van der Waals surface area contributed by atoms with Gasteiger partial charge in [0, 0.05) is 16.3 Å². The van der Waals surface area contributed by atoms with Gasteiger partial charge in [-0.05, 0) is 33.4 Å². The van der Waals surface area contributed by atoms with Gasteiger partial charge < -0.3 is 4.42 Å². The Kier molecular flexibility index (Phi) is 3.87.